The van der Waals surface area contributed by atoms with E-state index in [0.29, 0.717) is 0 Å². The average molecular weight is 428 g/mol. The number of rotatable bonds is 2. The van der Waals surface area contributed by atoms with Crippen LogP contribution in [0.3, 0.4) is 0 Å². The van der Waals surface area contributed by atoms with Crippen molar-refractivity contribution >= 4 is 25.5 Å². The molecule has 0 N–H and O–H groups in total. The topological polar surface area (TPSA) is 6.25 Å². The van der Waals surface area contributed by atoms with Crippen LogP contribution >= 0.6 is 12.1 Å². The number of benzene rings is 1. The molecule has 1 aliphatic carbocycles. The van der Waals surface area contributed by atoms with Gasteiger partial charge in [-0.3, -0.25) is 8.81 Å². The van der Waals surface area contributed by atoms with Crippen LogP contribution in [0.1, 0.15) is 81.7 Å². The second-order valence-electron chi connectivity index (χ2n) is 11.0. The van der Waals surface area contributed by atoms with Gasteiger partial charge in [0.1, 0.15) is 0 Å². The maximum atomic E-state index is 5.74. The summed E-state index contributed by atoms with van der Waals surface area (Å²) in [6.07, 6.45) is 0. The molecule has 0 amide bonds. The summed E-state index contributed by atoms with van der Waals surface area (Å²) >= 11 is 5.74. The fraction of sp³-hybridized carbons (Fsp3) is 0.560. The molecule has 0 spiro atoms. The smallest absolute Gasteiger partial charge is 0.262 e. The van der Waals surface area contributed by atoms with Crippen molar-refractivity contribution in [2.45, 2.75) is 92.3 Å². The number of allylic oxidation sites excluding steroid dienone is 4. The van der Waals surface area contributed by atoms with Crippen LogP contribution in [-0.2, 0) is 0 Å². The summed E-state index contributed by atoms with van der Waals surface area (Å²) in [7, 11) is -2.46. The van der Waals surface area contributed by atoms with Gasteiger partial charge in [-0.25, -0.2) is 0 Å². The molecule has 0 unspecified atom stereocenters. The van der Waals surface area contributed by atoms with Gasteiger partial charge in [-0.2, -0.15) is 0 Å². The molecule has 0 radical (unpaired) electrons. The van der Waals surface area contributed by atoms with Crippen molar-refractivity contribution in [1.29, 1.82) is 0 Å². The average Bonchev–Trinajstić information content (AvgIpc) is 2.74. The van der Waals surface area contributed by atoms with Crippen molar-refractivity contribution in [2.75, 3.05) is 0 Å². The Morgan fingerprint density at radius 1 is 0.862 bits per heavy atom. The summed E-state index contributed by atoms with van der Waals surface area (Å²) in [5.74, 6) is 1.33. The third kappa shape index (κ3) is 2.85. The van der Waals surface area contributed by atoms with E-state index < -0.39 is 7.55 Å². The van der Waals surface area contributed by atoms with E-state index in [9.17, 15) is 0 Å². The lowest BCUT2D eigenvalue weighted by Crippen LogP contribution is -2.84. The van der Waals surface area contributed by atoms with Gasteiger partial charge in [0.2, 0.25) is 0 Å². The molecule has 4 heteroatoms. The number of nitrogens with zero attached hydrogens (tertiary/aromatic N) is 2. The van der Waals surface area contributed by atoms with Crippen molar-refractivity contribution < 1.29 is 4.24 Å². The van der Waals surface area contributed by atoms with Gasteiger partial charge in [-0.15, -0.1) is 12.1 Å². The van der Waals surface area contributed by atoms with E-state index in [1.165, 1.54) is 33.7 Å². The summed E-state index contributed by atoms with van der Waals surface area (Å²) in [5.41, 5.74) is 7.12. The zero-order valence-corrected chi connectivity index (χ0v) is 22.1. The number of hydrogen-bond acceptors (Lipinski definition) is 2. The third-order valence-corrected chi connectivity index (χ3v) is 14.9. The SMILES string of the molecule is CC1=C(C)C(C)([Si@]2(S)N(C(C)(C)C)C(c3ccccc3)=[N+]2C(C)(C)C)C(C)=C1C. The van der Waals surface area contributed by atoms with Crippen molar-refractivity contribution in [3.63, 3.8) is 0 Å². The first-order chi connectivity index (χ1) is 13.1. The monoisotopic (exact) mass is 427 g/mol. The number of amidine groups is 1. The van der Waals surface area contributed by atoms with E-state index in [-0.39, 0.29) is 16.1 Å². The van der Waals surface area contributed by atoms with Crippen LogP contribution in [0.25, 0.3) is 0 Å². The summed E-state index contributed by atoms with van der Waals surface area (Å²) in [6, 6.07) is 10.9. The predicted molar refractivity (Wildman–Crippen MR) is 132 cm³/mol. The van der Waals surface area contributed by atoms with Gasteiger partial charge in [0.15, 0.2) is 0 Å². The molecule has 1 atom stereocenters. The Balaban J connectivity index is 2.43. The fourth-order valence-electron chi connectivity index (χ4n) is 5.41. The third-order valence-electron chi connectivity index (χ3n) is 7.28. The Labute approximate surface area is 184 Å². The Morgan fingerprint density at radius 2 is 1.31 bits per heavy atom. The Bertz CT molecular complexity index is 917. The van der Waals surface area contributed by atoms with Crippen LogP contribution in [0, 0.1) is 0 Å². The van der Waals surface area contributed by atoms with Crippen LogP contribution < -0.4 is 0 Å². The van der Waals surface area contributed by atoms with E-state index in [2.05, 4.69) is 115 Å². The Hall–Kier alpha value is -1.26. The predicted octanol–water partition coefficient (Wildman–Crippen LogP) is 6.67. The molecule has 158 valence electrons. The minimum absolute atomic E-state index is 0.0190. The zero-order chi connectivity index (χ0) is 22.2. The second kappa shape index (κ2) is 6.62. The first-order valence-electron chi connectivity index (χ1n) is 10.7. The molecule has 0 bridgehead atoms. The van der Waals surface area contributed by atoms with Gasteiger partial charge < -0.3 is 0 Å². The summed E-state index contributed by atoms with van der Waals surface area (Å²) in [6.45, 7) is 25.7. The van der Waals surface area contributed by atoms with Crippen LogP contribution in [0.15, 0.2) is 52.6 Å². The Morgan fingerprint density at radius 3 is 1.69 bits per heavy atom. The number of hydrogen-bond donors (Lipinski definition) is 1. The molecule has 2 nitrogen and oxygen atoms in total. The van der Waals surface area contributed by atoms with Crippen molar-refractivity contribution in [1.82, 2.24) is 4.57 Å². The zero-order valence-electron chi connectivity index (χ0n) is 20.2. The van der Waals surface area contributed by atoms with Crippen molar-refractivity contribution in [2.24, 2.45) is 0 Å². The maximum absolute atomic E-state index is 5.74. The van der Waals surface area contributed by atoms with Crippen molar-refractivity contribution in [3.8, 4) is 0 Å². The Kier molecular flexibility index (Phi) is 5.12. The molecule has 0 saturated heterocycles. The second-order valence-corrected chi connectivity index (χ2v) is 16.0. The molecule has 3 rings (SSSR count). The highest BCUT2D eigenvalue weighted by molar-refractivity contribution is 8.13. The van der Waals surface area contributed by atoms with Gasteiger partial charge in [-0.05, 0) is 99.4 Å². The van der Waals surface area contributed by atoms with Crippen LogP contribution in [0.4, 0.5) is 0 Å². The molecular weight excluding hydrogens is 388 g/mol. The van der Waals surface area contributed by atoms with Gasteiger partial charge >= 0.3 is 7.55 Å². The lowest BCUT2D eigenvalue weighted by Gasteiger charge is -2.58. The highest BCUT2D eigenvalue weighted by Crippen LogP contribution is 2.64. The first kappa shape index (κ1) is 22.4. The summed E-state index contributed by atoms with van der Waals surface area (Å²) in [5, 5.41) is -0.0525. The van der Waals surface area contributed by atoms with E-state index in [0.717, 1.165) is 0 Å². The normalized spacial score (nSPS) is 25.2. The molecule has 1 aliphatic heterocycles. The molecule has 1 aromatic carbocycles. The maximum Gasteiger partial charge on any atom is 0.554 e. The standard InChI is InChI=1S/C25H39N2SSi/c1-17-18(2)20(4)25(11,19(17)3)29(28)26(23(5,6)7)22(27(29)24(8,9)10)21-15-13-12-14-16-21/h12-16,28H,1-11H3/q+1. The van der Waals surface area contributed by atoms with E-state index >= 15 is 0 Å². The lowest BCUT2D eigenvalue weighted by atomic mass is 9.98. The highest BCUT2D eigenvalue weighted by atomic mass is 32.3. The molecule has 1 aromatic rings. The molecule has 0 aromatic heterocycles. The van der Waals surface area contributed by atoms with Gasteiger partial charge in [0.05, 0.1) is 21.7 Å². The van der Waals surface area contributed by atoms with E-state index in [1.54, 1.807) is 0 Å². The largest absolute Gasteiger partial charge is 0.554 e. The molecule has 1 heterocycles. The minimum Gasteiger partial charge on any atom is -0.262 e. The van der Waals surface area contributed by atoms with E-state index in [1.807, 2.05) is 0 Å². The van der Waals surface area contributed by atoms with Gasteiger partial charge in [0.25, 0.3) is 5.84 Å². The molecule has 29 heavy (non-hydrogen) atoms. The molecule has 2 aliphatic rings. The van der Waals surface area contributed by atoms with Crippen molar-refractivity contribution in [3.05, 3.63) is 58.2 Å². The van der Waals surface area contributed by atoms with Crippen LogP contribution in [0.2, 0.25) is 5.04 Å². The lowest BCUT2D eigenvalue weighted by molar-refractivity contribution is -0.514. The van der Waals surface area contributed by atoms with Crippen LogP contribution in [-0.4, -0.2) is 33.3 Å². The minimum atomic E-state index is -2.46. The molecule has 0 fully saturated rings. The summed E-state index contributed by atoms with van der Waals surface area (Å²) in [4.78, 5) is 0. The quantitative estimate of drug-likeness (QED) is 0.408. The van der Waals surface area contributed by atoms with E-state index in [4.69, 9.17) is 12.1 Å². The van der Waals surface area contributed by atoms with Gasteiger partial charge in [-0.1, -0.05) is 29.3 Å². The highest BCUT2D eigenvalue weighted by Gasteiger charge is 2.79. The van der Waals surface area contributed by atoms with Crippen LogP contribution in [0.5, 0.6) is 0 Å². The molecular formula is C25H39N2SSi+. The first-order valence-corrected chi connectivity index (χ1v) is 13.9. The molecule has 0 saturated carbocycles. The van der Waals surface area contributed by atoms with Gasteiger partial charge in [0, 0.05) is 0 Å². The summed E-state index contributed by atoms with van der Waals surface area (Å²) < 4.78 is 5.39. The number of thiol groups is 1. The fourth-order valence-corrected chi connectivity index (χ4v) is 14.0.